The molecule has 30 heavy (non-hydrogen) atoms. The number of fused-ring (bicyclic) bond motifs is 1. The second kappa shape index (κ2) is 8.51. The van der Waals surface area contributed by atoms with Gasteiger partial charge in [0.15, 0.2) is 5.65 Å². The molecule has 0 aliphatic carbocycles. The molecule has 0 saturated carbocycles. The fourth-order valence-corrected chi connectivity index (χ4v) is 3.39. The van der Waals surface area contributed by atoms with Crippen LogP contribution in [0.1, 0.15) is 25.3 Å². The monoisotopic (exact) mass is 404 g/mol. The van der Waals surface area contributed by atoms with Crippen LogP contribution in [0.3, 0.4) is 0 Å². The Morgan fingerprint density at radius 1 is 1.07 bits per heavy atom. The molecule has 0 radical (unpaired) electrons. The van der Waals surface area contributed by atoms with Gasteiger partial charge in [0, 0.05) is 0 Å². The lowest BCUT2D eigenvalue weighted by Crippen LogP contribution is -2.30. The predicted molar refractivity (Wildman–Crippen MR) is 115 cm³/mol. The van der Waals surface area contributed by atoms with Gasteiger partial charge in [-0.3, -0.25) is 9.36 Å². The van der Waals surface area contributed by atoms with Crippen molar-refractivity contribution < 1.29 is 9.84 Å². The first-order valence-corrected chi connectivity index (χ1v) is 9.93. The average molecular weight is 404 g/mol. The summed E-state index contributed by atoms with van der Waals surface area (Å²) in [5, 5.41) is 15.1. The second-order valence-electron chi connectivity index (χ2n) is 7.49. The summed E-state index contributed by atoms with van der Waals surface area (Å²) in [7, 11) is 0. The number of aromatic nitrogens is 4. The van der Waals surface area contributed by atoms with Crippen molar-refractivity contribution in [2.75, 3.05) is 6.61 Å². The molecule has 0 amide bonds. The zero-order chi connectivity index (χ0) is 21.1. The lowest BCUT2D eigenvalue weighted by molar-refractivity contribution is 0.0909. The zero-order valence-corrected chi connectivity index (χ0v) is 17.0. The molecule has 0 bridgehead atoms. The van der Waals surface area contributed by atoms with E-state index in [1.165, 1.54) is 17.1 Å². The summed E-state index contributed by atoms with van der Waals surface area (Å²) in [5.41, 5.74) is 2.15. The van der Waals surface area contributed by atoms with E-state index in [9.17, 15) is 9.90 Å². The topological polar surface area (TPSA) is 82.2 Å². The minimum atomic E-state index is -0.855. The van der Waals surface area contributed by atoms with Gasteiger partial charge in [-0.25, -0.2) is 9.67 Å². The Kier molecular flexibility index (Phi) is 5.63. The number of rotatable bonds is 7. The molecule has 0 unspecified atom stereocenters. The van der Waals surface area contributed by atoms with E-state index in [2.05, 4.69) is 23.9 Å². The molecule has 2 aromatic heterocycles. The first-order valence-electron chi connectivity index (χ1n) is 9.93. The highest BCUT2D eigenvalue weighted by Gasteiger charge is 2.15. The largest absolute Gasteiger partial charge is 0.491 e. The fraction of sp³-hybridized carbons (Fsp3) is 0.261. The smallest absolute Gasteiger partial charge is 0.264 e. The van der Waals surface area contributed by atoms with Gasteiger partial charge in [-0.1, -0.05) is 50.2 Å². The SMILES string of the molecule is CC(C)c1ccccc1OC[C@H](O)Cn1cnc2c(cnn2-c2ccccc2)c1=O. The van der Waals surface area contributed by atoms with Gasteiger partial charge in [-0.2, -0.15) is 5.10 Å². The van der Waals surface area contributed by atoms with Crippen LogP contribution in [0.25, 0.3) is 16.7 Å². The summed E-state index contributed by atoms with van der Waals surface area (Å²) in [5.74, 6) is 1.06. The van der Waals surface area contributed by atoms with Gasteiger partial charge in [0.2, 0.25) is 0 Å². The Morgan fingerprint density at radius 3 is 2.57 bits per heavy atom. The molecular formula is C23H24N4O3. The molecule has 0 spiro atoms. The van der Waals surface area contributed by atoms with E-state index in [0.29, 0.717) is 17.0 Å². The maximum absolute atomic E-state index is 12.8. The van der Waals surface area contributed by atoms with Crippen LogP contribution in [0.2, 0.25) is 0 Å². The highest BCUT2D eigenvalue weighted by atomic mass is 16.5. The third kappa shape index (κ3) is 3.97. The Morgan fingerprint density at radius 2 is 1.80 bits per heavy atom. The normalized spacial score (nSPS) is 12.4. The maximum atomic E-state index is 12.8. The fourth-order valence-electron chi connectivity index (χ4n) is 3.39. The van der Waals surface area contributed by atoms with Crippen molar-refractivity contribution in [3.05, 3.63) is 83.0 Å². The highest BCUT2D eigenvalue weighted by Crippen LogP contribution is 2.25. The first-order chi connectivity index (χ1) is 14.5. The van der Waals surface area contributed by atoms with Crippen LogP contribution in [0.4, 0.5) is 0 Å². The van der Waals surface area contributed by atoms with E-state index in [0.717, 1.165) is 17.0 Å². The molecule has 0 fully saturated rings. The number of para-hydroxylation sites is 2. The van der Waals surface area contributed by atoms with Gasteiger partial charge >= 0.3 is 0 Å². The van der Waals surface area contributed by atoms with E-state index in [1.807, 2.05) is 54.6 Å². The molecule has 4 aromatic rings. The van der Waals surface area contributed by atoms with Crippen LogP contribution in [0, 0.1) is 0 Å². The van der Waals surface area contributed by atoms with Crippen molar-refractivity contribution >= 4 is 11.0 Å². The minimum absolute atomic E-state index is 0.0808. The van der Waals surface area contributed by atoms with E-state index < -0.39 is 6.10 Å². The third-order valence-electron chi connectivity index (χ3n) is 4.93. The van der Waals surface area contributed by atoms with Crippen molar-refractivity contribution in [3.8, 4) is 11.4 Å². The van der Waals surface area contributed by atoms with Gasteiger partial charge in [0.1, 0.15) is 30.2 Å². The van der Waals surface area contributed by atoms with Crippen molar-refractivity contribution in [3.63, 3.8) is 0 Å². The van der Waals surface area contributed by atoms with E-state index in [4.69, 9.17) is 4.74 Å². The minimum Gasteiger partial charge on any atom is -0.491 e. The van der Waals surface area contributed by atoms with E-state index in [1.54, 1.807) is 4.68 Å². The molecular weight excluding hydrogens is 380 g/mol. The predicted octanol–water partition coefficient (Wildman–Crippen LogP) is 3.15. The van der Waals surface area contributed by atoms with Crippen LogP contribution in [-0.4, -0.2) is 37.1 Å². The van der Waals surface area contributed by atoms with Gasteiger partial charge in [-0.05, 0) is 29.7 Å². The second-order valence-corrected chi connectivity index (χ2v) is 7.49. The Labute approximate surface area is 174 Å². The van der Waals surface area contributed by atoms with Gasteiger partial charge in [-0.15, -0.1) is 0 Å². The summed E-state index contributed by atoms with van der Waals surface area (Å²) in [6, 6.07) is 17.3. The molecule has 2 aromatic carbocycles. The van der Waals surface area contributed by atoms with Gasteiger partial charge in [0.25, 0.3) is 5.56 Å². The quantitative estimate of drug-likeness (QED) is 0.512. The molecule has 0 aliphatic rings. The standard InChI is InChI=1S/C23H24N4O3/c1-16(2)19-10-6-7-11-21(19)30-14-18(28)13-26-15-24-22-20(23(26)29)12-25-27(22)17-8-4-3-5-9-17/h3-12,15-16,18,28H,13-14H2,1-2H3/t18-/m1/s1. The number of nitrogens with zero attached hydrogens (tertiary/aromatic N) is 4. The molecule has 0 aliphatic heterocycles. The lowest BCUT2D eigenvalue weighted by atomic mass is 10.0. The first kappa shape index (κ1) is 19.8. The number of benzene rings is 2. The molecule has 7 heteroatoms. The zero-order valence-electron chi connectivity index (χ0n) is 17.0. The van der Waals surface area contributed by atoms with E-state index in [-0.39, 0.29) is 18.7 Å². The van der Waals surface area contributed by atoms with Crippen LogP contribution in [0.15, 0.2) is 71.9 Å². The molecule has 1 N–H and O–H groups in total. The number of aliphatic hydroxyl groups is 1. The number of aliphatic hydroxyl groups excluding tert-OH is 1. The van der Waals surface area contributed by atoms with Crippen LogP contribution in [-0.2, 0) is 6.54 Å². The molecule has 1 atom stereocenters. The van der Waals surface area contributed by atoms with Crippen molar-refractivity contribution in [2.45, 2.75) is 32.4 Å². The molecule has 4 rings (SSSR count). The average Bonchev–Trinajstić information content (AvgIpc) is 3.20. The van der Waals surface area contributed by atoms with E-state index >= 15 is 0 Å². The molecule has 2 heterocycles. The number of hydrogen-bond donors (Lipinski definition) is 1. The summed E-state index contributed by atoms with van der Waals surface area (Å²) in [4.78, 5) is 17.2. The van der Waals surface area contributed by atoms with Gasteiger partial charge in [0.05, 0.1) is 18.4 Å². The summed E-state index contributed by atoms with van der Waals surface area (Å²) >= 11 is 0. The summed E-state index contributed by atoms with van der Waals surface area (Å²) in [6.45, 7) is 4.35. The van der Waals surface area contributed by atoms with Crippen LogP contribution < -0.4 is 10.3 Å². The molecule has 7 nitrogen and oxygen atoms in total. The summed E-state index contributed by atoms with van der Waals surface area (Å²) < 4.78 is 8.84. The third-order valence-corrected chi connectivity index (χ3v) is 4.93. The van der Waals surface area contributed by atoms with Crippen LogP contribution in [0.5, 0.6) is 5.75 Å². The van der Waals surface area contributed by atoms with Gasteiger partial charge < -0.3 is 9.84 Å². The van der Waals surface area contributed by atoms with Crippen LogP contribution >= 0.6 is 0 Å². The number of ether oxygens (including phenoxy) is 1. The maximum Gasteiger partial charge on any atom is 0.264 e. The van der Waals surface area contributed by atoms with Crippen molar-refractivity contribution in [2.24, 2.45) is 0 Å². The molecule has 0 saturated heterocycles. The Bertz CT molecular complexity index is 1200. The molecule has 154 valence electrons. The number of hydrogen-bond acceptors (Lipinski definition) is 5. The summed E-state index contributed by atoms with van der Waals surface area (Å²) in [6.07, 6.45) is 2.10. The van der Waals surface area contributed by atoms with Crippen molar-refractivity contribution in [1.29, 1.82) is 0 Å². The van der Waals surface area contributed by atoms with Crippen molar-refractivity contribution in [1.82, 2.24) is 19.3 Å². The lowest BCUT2D eigenvalue weighted by Gasteiger charge is -2.17. The Hall–Kier alpha value is -3.45. The Balaban J connectivity index is 1.50. The highest BCUT2D eigenvalue weighted by molar-refractivity contribution is 5.74.